The summed E-state index contributed by atoms with van der Waals surface area (Å²) in [6.07, 6.45) is 1.73. The van der Waals surface area contributed by atoms with E-state index in [9.17, 15) is 0 Å². The number of pyridine rings is 1. The Morgan fingerprint density at radius 3 is 2.71 bits per heavy atom. The van der Waals surface area contributed by atoms with E-state index in [1.54, 1.807) is 6.20 Å². The second-order valence-electron chi connectivity index (χ2n) is 4.66. The lowest BCUT2D eigenvalue weighted by Crippen LogP contribution is -2.27. The molecule has 0 aliphatic heterocycles. The van der Waals surface area contributed by atoms with E-state index >= 15 is 0 Å². The molecule has 0 saturated carbocycles. The van der Waals surface area contributed by atoms with Gasteiger partial charge in [-0.1, -0.05) is 0 Å². The van der Waals surface area contributed by atoms with Gasteiger partial charge in [0.25, 0.3) is 0 Å². The number of aromatic amines is 1. The second kappa shape index (κ2) is 4.40. The first kappa shape index (κ1) is 12.0. The van der Waals surface area contributed by atoms with Crippen molar-refractivity contribution in [3.8, 4) is 11.4 Å². The molecule has 2 aromatic heterocycles. The summed E-state index contributed by atoms with van der Waals surface area (Å²) in [4.78, 5) is 4.34. The van der Waals surface area contributed by atoms with Crippen molar-refractivity contribution < 1.29 is 0 Å². The van der Waals surface area contributed by atoms with Crippen LogP contribution < -0.4 is 5.32 Å². The number of tetrazole rings is 1. The van der Waals surface area contributed by atoms with Gasteiger partial charge in [0.05, 0.1) is 5.56 Å². The van der Waals surface area contributed by atoms with Crippen LogP contribution in [0.4, 0.5) is 5.82 Å². The van der Waals surface area contributed by atoms with Gasteiger partial charge in [0.1, 0.15) is 5.82 Å². The van der Waals surface area contributed by atoms with Crippen molar-refractivity contribution in [1.29, 1.82) is 0 Å². The molecular weight excluding hydrogens is 284 g/mol. The predicted octanol–water partition coefficient (Wildman–Crippen LogP) is 2.23. The molecule has 0 unspecified atom stereocenters. The first-order valence-corrected chi connectivity index (χ1v) is 5.92. The molecule has 0 fully saturated rings. The second-order valence-corrected chi connectivity index (χ2v) is 5.58. The van der Waals surface area contributed by atoms with Gasteiger partial charge in [0.2, 0.25) is 5.82 Å². The van der Waals surface area contributed by atoms with Crippen molar-refractivity contribution in [3.63, 3.8) is 0 Å². The Balaban J connectivity index is 2.45. The van der Waals surface area contributed by atoms with Crippen LogP contribution in [0.1, 0.15) is 20.8 Å². The standard InChI is InChI=1S/C10H13BrN6/c1-10(2,3)13-8-7(4-6(11)5-12-8)9-14-16-17-15-9/h4-5H,1-3H3,(H,12,13)(H,14,15,16,17). The summed E-state index contributed by atoms with van der Waals surface area (Å²) in [5.74, 6) is 1.26. The van der Waals surface area contributed by atoms with Crippen LogP contribution in [0.15, 0.2) is 16.7 Å². The van der Waals surface area contributed by atoms with Gasteiger partial charge in [-0.05, 0) is 48.0 Å². The Morgan fingerprint density at radius 2 is 2.12 bits per heavy atom. The minimum absolute atomic E-state index is 0.0840. The zero-order valence-electron chi connectivity index (χ0n) is 9.82. The molecule has 2 rings (SSSR count). The maximum Gasteiger partial charge on any atom is 0.208 e. The molecule has 0 spiro atoms. The SMILES string of the molecule is CC(C)(C)Nc1ncc(Br)cc1-c1nn[nH]n1. The number of H-pyrrole nitrogens is 1. The van der Waals surface area contributed by atoms with Gasteiger partial charge < -0.3 is 5.32 Å². The summed E-state index contributed by atoms with van der Waals surface area (Å²) in [5, 5.41) is 17.2. The van der Waals surface area contributed by atoms with Crippen molar-refractivity contribution in [2.45, 2.75) is 26.3 Å². The summed E-state index contributed by atoms with van der Waals surface area (Å²) in [6, 6.07) is 1.91. The number of aromatic nitrogens is 5. The molecule has 0 saturated heterocycles. The molecule has 0 radical (unpaired) electrons. The van der Waals surface area contributed by atoms with Crippen molar-refractivity contribution in [3.05, 3.63) is 16.7 Å². The van der Waals surface area contributed by atoms with Crippen LogP contribution in [-0.4, -0.2) is 31.1 Å². The van der Waals surface area contributed by atoms with Crippen LogP contribution >= 0.6 is 15.9 Å². The van der Waals surface area contributed by atoms with Crippen molar-refractivity contribution in [2.75, 3.05) is 5.32 Å². The molecule has 0 aliphatic rings. The fraction of sp³-hybridized carbons (Fsp3) is 0.400. The minimum Gasteiger partial charge on any atom is -0.365 e. The van der Waals surface area contributed by atoms with E-state index < -0.39 is 0 Å². The van der Waals surface area contributed by atoms with Gasteiger partial charge in [-0.25, -0.2) is 4.98 Å². The smallest absolute Gasteiger partial charge is 0.208 e. The molecule has 2 N–H and O–H groups in total. The first-order valence-electron chi connectivity index (χ1n) is 5.13. The normalized spacial score (nSPS) is 11.5. The topological polar surface area (TPSA) is 79.4 Å². The fourth-order valence-electron chi connectivity index (χ4n) is 1.34. The summed E-state index contributed by atoms with van der Waals surface area (Å²) < 4.78 is 0.872. The lowest BCUT2D eigenvalue weighted by molar-refractivity contribution is 0.630. The Bertz CT molecular complexity index is 502. The molecule has 2 aromatic rings. The highest BCUT2D eigenvalue weighted by atomic mass is 79.9. The third-order valence-electron chi connectivity index (χ3n) is 1.93. The Morgan fingerprint density at radius 1 is 1.35 bits per heavy atom. The Labute approximate surface area is 107 Å². The van der Waals surface area contributed by atoms with E-state index in [1.165, 1.54) is 0 Å². The minimum atomic E-state index is -0.0840. The molecule has 17 heavy (non-hydrogen) atoms. The first-order chi connectivity index (χ1) is 7.96. The van der Waals surface area contributed by atoms with Crippen molar-refractivity contribution in [1.82, 2.24) is 25.6 Å². The zero-order valence-corrected chi connectivity index (χ0v) is 11.4. The molecule has 0 amide bonds. The third-order valence-corrected chi connectivity index (χ3v) is 2.37. The number of hydrogen-bond donors (Lipinski definition) is 2. The summed E-state index contributed by atoms with van der Waals surface area (Å²) in [6.45, 7) is 6.20. The number of nitrogens with one attached hydrogen (secondary N) is 2. The van der Waals surface area contributed by atoms with Gasteiger partial charge >= 0.3 is 0 Å². The van der Waals surface area contributed by atoms with Crippen molar-refractivity contribution >= 4 is 21.7 Å². The highest BCUT2D eigenvalue weighted by molar-refractivity contribution is 9.10. The van der Waals surface area contributed by atoms with Crippen LogP contribution in [0.5, 0.6) is 0 Å². The molecule has 0 aliphatic carbocycles. The van der Waals surface area contributed by atoms with Crippen LogP contribution in [0, 0.1) is 0 Å². The number of rotatable bonds is 2. The molecule has 0 atom stereocenters. The molecule has 90 valence electrons. The van der Waals surface area contributed by atoms with Gasteiger partial charge in [-0.2, -0.15) is 5.21 Å². The largest absolute Gasteiger partial charge is 0.365 e. The Kier molecular flexibility index (Phi) is 3.10. The number of nitrogens with zero attached hydrogens (tertiary/aromatic N) is 4. The van der Waals surface area contributed by atoms with Crippen LogP contribution in [0.3, 0.4) is 0 Å². The molecule has 7 heteroatoms. The van der Waals surface area contributed by atoms with E-state index in [2.05, 4.69) is 67.6 Å². The monoisotopic (exact) mass is 296 g/mol. The van der Waals surface area contributed by atoms with Gasteiger partial charge in [0, 0.05) is 16.2 Å². The fourth-order valence-corrected chi connectivity index (χ4v) is 1.67. The lowest BCUT2D eigenvalue weighted by atomic mass is 10.1. The van der Waals surface area contributed by atoms with E-state index in [-0.39, 0.29) is 5.54 Å². The van der Waals surface area contributed by atoms with E-state index in [1.807, 2.05) is 6.07 Å². The quantitative estimate of drug-likeness (QED) is 0.888. The summed E-state index contributed by atoms with van der Waals surface area (Å²) in [7, 11) is 0. The molecule has 0 bridgehead atoms. The van der Waals surface area contributed by atoms with Crippen LogP contribution in [0.2, 0.25) is 0 Å². The van der Waals surface area contributed by atoms with E-state index in [0.29, 0.717) is 5.82 Å². The van der Waals surface area contributed by atoms with Crippen molar-refractivity contribution in [2.24, 2.45) is 0 Å². The maximum atomic E-state index is 4.34. The summed E-state index contributed by atoms with van der Waals surface area (Å²) in [5.41, 5.74) is 0.724. The lowest BCUT2D eigenvalue weighted by Gasteiger charge is -2.22. The molecule has 0 aromatic carbocycles. The van der Waals surface area contributed by atoms with E-state index in [4.69, 9.17) is 0 Å². The number of anilines is 1. The number of hydrogen-bond acceptors (Lipinski definition) is 5. The third kappa shape index (κ3) is 3.00. The molecule has 6 nitrogen and oxygen atoms in total. The predicted molar refractivity (Wildman–Crippen MR) is 68.5 cm³/mol. The van der Waals surface area contributed by atoms with E-state index in [0.717, 1.165) is 15.9 Å². The molecule has 2 heterocycles. The van der Waals surface area contributed by atoms with Gasteiger partial charge in [-0.15, -0.1) is 10.2 Å². The average Bonchev–Trinajstić information content (AvgIpc) is 2.71. The Hall–Kier alpha value is -1.50. The van der Waals surface area contributed by atoms with Crippen LogP contribution in [-0.2, 0) is 0 Å². The highest BCUT2D eigenvalue weighted by Crippen LogP contribution is 2.27. The highest BCUT2D eigenvalue weighted by Gasteiger charge is 2.16. The zero-order chi connectivity index (χ0) is 12.5. The molecular formula is C10H13BrN6. The average molecular weight is 297 g/mol. The van der Waals surface area contributed by atoms with Gasteiger partial charge in [0.15, 0.2) is 0 Å². The van der Waals surface area contributed by atoms with Gasteiger partial charge in [-0.3, -0.25) is 0 Å². The summed E-state index contributed by atoms with van der Waals surface area (Å²) >= 11 is 3.39. The van der Waals surface area contributed by atoms with Crippen LogP contribution in [0.25, 0.3) is 11.4 Å². The maximum absolute atomic E-state index is 4.34. The number of halogens is 1.